The number of nitrogens with zero attached hydrogens (tertiary/aromatic N) is 2. The van der Waals surface area contributed by atoms with Gasteiger partial charge < -0.3 is 14.1 Å². The van der Waals surface area contributed by atoms with Gasteiger partial charge in [0.05, 0.1) is 24.9 Å². The summed E-state index contributed by atoms with van der Waals surface area (Å²) in [4.78, 5) is 6.71. The van der Waals surface area contributed by atoms with Crippen molar-refractivity contribution in [3.8, 4) is 0 Å². The second-order valence-corrected chi connectivity index (χ2v) is 5.75. The molecule has 0 saturated carbocycles. The average molecular weight is 315 g/mol. The summed E-state index contributed by atoms with van der Waals surface area (Å²) in [5.74, 6) is 0.862. The van der Waals surface area contributed by atoms with Crippen LogP contribution in [0.4, 0.5) is 5.69 Å². The minimum Gasteiger partial charge on any atom is -0.467 e. The maximum Gasteiger partial charge on any atom is 0.134 e. The number of furan rings is 1. The van der Waals surface area contributed by atoms with Crippen LogP contribution in [0, 0.1) is 0 Å². The molecule has 1 aliphatic heterocycles. The van der Waals surface area contributed by atoms with E-state index in [1.165, 1.54) is 0 Å². The number of fused-ring (bicyclic) bond motifs is 1. The molecule has 1 aliphatic rings. The zero-order chi connectivity index (χ0) is 14.9. The number of hydrogen-bond acceptors (Lipinski definition) is 4. The third kappa shape index (κ3) is 2.45. The first kappa shape index (κ1) is 13.6. The van der Waals surface area contributed by atoms with Crippen LogP contribution in [0.25, 0.3) is 10.9 Å². The lowest BCUT2D eigenvalue weighted by molar-refractivity contribution is 0.0258. The summed E-state index contributed by atoms with van der Waals surface area (Å²) < 4.78 is 11.3. The van der Waals surface area contributed by atoms with E-state index in [1.807, 2.05) is 42.6 Å². The van der Waals surface area contributed by atoms with E-state index < -0.39 is 0 Å². The van der Waals surface area contributed by atoms with Crippen molar-refractivity contribution in [1.29, 1.82) is 0 Å². The summed E-state index contributed by atoms with van der Waals surface area (Å²) in [6, 6.07) is 11.7. The zero-order valence-electron chi connectivity index (χ0n) is 11.9. The number of halogens is 1. The van der Waals surface area contributed by atoms with Gasteiger partial charge in [0, 0.05) is 28.8 Å². The van der Waals surface area contributed by atoms with Crippen molar-refractivity contribution in [2.75, 3.05) is 24.6 Å². The minimum atomic E-state index is -0.0499. The fourth-order valence-corrected chi connectivity index (χ4v) is 3.07. The first-order chi connectivity index (χ1) is 10.8. The fraction of sp³-hybridized carbons (Fsp3) is 0.235. The highest BCUT2D eigenvalue weighted by Crippen LogP contribution is 2.31. The maximum atomic E-state index is 6.15. The molecule has 1 unspecified atom stereocenters. The number of hydrogen-bond donors (Lipinski definition) is 0. The van der Waals surface area contributed by atoms with Crippen molar-refractivity contribution >= 4 is 28.2 Å². The summed E-state index contributed by atoms with van der Waals surface area (Å²) >= 11 is 6.15. The van der Waals surface area contributed by atoms with E-state index in [1.54, 1.807) is 6.26 Å². The number of anilines is 1. The van der Waals surface area contributed by atoms with Gasteiger partial charge >= 0.3 is 0 Å². The SMILES string of the molecule is Clc1ccc2nccc(N3CCOC(c4ccco4)C3)c2c1. The molecule has 112 valence electrons. The van der Waals surface area contributed by atoms with Gasteiger partial charge in [0.1, 0.15) is 11.9 Å². The Kier molecular flexibility index (Phi) is 3.48. The molecule has 1 atom stereocenters. The van der Waals surface area contributed by atoms with Gasteiger partial charge in [-0.05, 0) is 36.4 Å². The molecule has 0 radical (unpaired) electrons. The number of ether oxygens (including phenoxy) is 1. The predicted molar refractivity (Wildman–Crippen MR) is 86.4 cm³/mol. The van der Waals surface area contributed by atoms with Gasteiger partial charge in [-0.2, -0.15) is 0 Å². The van der Waals surface area contributed by atoms with E-state index in [-0.39, 0.29) is 6.10 Å². The van der Waals surface area contributed by atoms with Crippen molar-refractivity contribution < 1.29 is 9.15 Å². The van der Waals surface area contributed by atoms with Crippen molar-refractivity contribution in [2.24, 2.45) is 0 Å². The van der Waals surface area contributed by atoms with E-state index in [9.17, 15) is 0 Å². The summed E-state index contributed by atoms with van der Waals surface area (Å²) in [6.45, 7) is 2.25. The molecule has 3 aromatic rings. The number of morpholine rings is 1. The number of benzene rings is 1. The Hall–Kier alpha value is -2.04. The molecule has 3 heterocycles. The zero-order valence-corrected chi connectivity index (χ0v) is 12.7. The van der Waals surface area contributed by atoms with Crippen LogP contribution >= 0.6 is 11.6 Å². The molecule has 1 fully saturated rings. The van der Waals surface area contributed by atoms with Gasteiger partial charge in [0.15, 0.2) is 0 Å². The van der Waals surface area contributed by atoms with Gasteiger partial charge in [0.25, 0.3) is 0 Å². The van der Waals surface area contributed by atoms with Gasteiger partial charge in [-0.15, -0.1) is 0 Å². The molecular weight excluding hydrogens is 300 g/mol. The van der Waals surface area contributed by atoms with Crippen LogP contribution in [-0.4, -0.2) is 24.7 Å². The van der Waals surface area contributed by atoms with Crippen LogP contribution in [0.15, 0.2) is 53.3 Å². The quantitative estimate of drug-likeness (QED) is 0.715. The fourth-order valence-electron chi connectivity index (χ4n) is 2.89. The lowest BCUT2D eigenvalue weighted by Gasteiger charge is -2.34. The Bertz CT molecular complexity index is 788. The molecule has 2 aromatic heterocycles. The van der Waals surface area contributed by atoms with E-state index >= 15 is 0 Å². The Balaban J connectivity index is 1.70. The smallest absolute Gasteiger partial charge is 0.134 e. The molecule has 4 nitrogen and oxygen atoms in total. The molecule has 0 amide bonds. The Morgan fingerprint density at radius 1 is 1.23 bits per heavy atom. The second kappa shape index (κ2) is 5.63. The highest BCUT2D eigenvalue weighted by Gasteiger charge is 2.25. The second-order valence-electron chi connectivity index (χ2n) is 5.31. The molecule has 0 N–H and O–H groups in total. The summed E-state index contributed by atoms with van der Waals surface area (Å²) in [5.41, 5.74) is 2.08. The molecule has 22 heavy (non-hydrogen) atoms. The van der Waals surface area contributed by atoms with Crippen molar-refractivity contribution in [1.82, 2.24) is 4.98 Å². The molecule has 4 rings (SSSR count). The third-order valence-electron chi connectivity index (χ3n) is 3.95. The monoisotopic (exact) mass is 314 g/mol. The number of rotatable bonds is 2. The van der Waals surface area contributed by atoms with Crippen molar-refractivity contribution in [3.05, 3.63) is 59.6 Å². The highest BCUT2D eigenvalue weighted by molar-refractivity contribution is 6.31. The molecule has 5 heteroatoms. The standard InChI is InChI=1S/C17H15ClN2O2/c18-12-3-4-14-13(10-12)15(5-6-19-14)20-7-9-22-17(11-20)16-2-1-8-21-16/h1-6,8,10,17H,7,9,11H2. The number of aromatic nitrogens is 1. The molecule has 0 bridgehead atoms. The molecule has 0 aliphatic carbocycles. The van der Waals surface area contributed by atoms with Crippen LogP contribution in [0.2, 0.25) is 5.02 Å². The highest BCUT2D eigenvalue weighted by atomic mass is 35.5. The van der Waals surface area contributed by atoms with Gasteiger partial charge in [-0.3, -0.25) is 4.98 Å². The van der Waals surface area contributed by atoms with Crippen LogP contribution in [0.1, 0.15) is 11.9 Å². The van der Waals surface area contributed by atoms with Crippen molar-refractivity contribution in [3.63, 3.8) is 0 Å². The van der Waals surface area contributed by atoms with Crippen LogP contribution in [-0.2, 0) is 4.74 Å². The van der Waals surface area contributed by atoms with Gasteiger partial charge in [-0.25, -0.2) is 0 Å². The third-order valence-corrected chi connectivity index (χ3v) is 4.18. The first-order valence-electron chi connectivity index (χ1n) is 7.25. The van der Waals surface area contributed by atoms with Gasteiger partial charge in [0.2, 0.25) is 0 Å². The molecule has 1 aromatic carbocycles. The predicted octanol–water partition coefficient (Wildman–Crippen LogP) is 4.06. The molecule has 0 spiro atoms. The largest absolute Gasteiger partial charge is 0.467 e. The Labute approximate surface area is 133 Å². The van der Waals surface area contributed by atoms with Crippen molar-refractivity contribution in [2.45, 2.75) is 6.10 Å². The Morgan fingerprint density at radius 2 is 2.18 bits per heavy atom. The van der Waals surface area contributed by atoms with Crippen LogP contribution in [0.5, 0.6) is 0 Å². The number of pyridine rings is 1. The maximum absolute atomic E-state index is 6.15. The van der Waals surface area contributed by atoms with Gasteiger partial charge in [-0.1, -0.05) is 11.6 Å². The summed E-state index contributed by atoms with van der Waals surface area (Å²) in [7, 11) is 0. The van der Waals surface area contributed by atoms with E-state index in [0.29, 0.717) is 6.61 Å². The molecule has 1 saturated heterocycles. The first-order valence-corrected chi connectivity index (χ1v) is 7.63. The Morgan fingerprint density at radius 3 is 3.05 bits per heavy atom. The van der Waals surface area contributed by atoms with Crippen LogP contribution in [0.3, 0.4) is 0 Å². The lowest BCUT2D eigenvalue weighted by atomic mass is 10.1. The average Bonchev–Trinajstić information content (AvgIpc) is 3.09. The van der Waals surface area contributed by atoms with E-state index in [4.69, 9.17) is 20.8 Å². The van der Waals surface area contributed by atoms with E-state index in [2.05, 4.69) is 9.88 Å². The minimum absolute atomic E-state index is 0.0499. The molecular formula is C17H15ClN2O2. The normalized spacial score (nSPS) is 18.8. The lowest BCUT2D eigenvalue weighted by Crippen LogP contribution is -2.38. The topological polar surface area (TPSA) is 38.5 Å². The van der Waals surface area contributed by atoms with E-state index in [0.717, 1.165) is 40.5 Å². The summed E-state index contributed by atoms with van der Waals surface area (Å²) in [6.07, 6.45) is 3.47. The summed E-state index contributed by atoms with van der Waals surface area (Å²) in [5, 5.41) is 1.78. The van der Waals surface area contributed by atoms with Crippen LogP contribution < -0.4 is 4.90 Å².